The molecule has 1 aliphatic carbocycles. The number of nitrogens with zero attached hydrogens (tertiary/aromatic N) is 3. The van der Waals surface area contributed by atoms with E-state index in [1.165, 1.54) is 34.2 Å². The summed E-state index contributed by atoms with van der Waals surface area (Å²) in [6.45, 7) is 6.54. The fourth-order valence-corrected chi connectivity index (χ4v) is 6.26. The average molecular weight is 496 g/mol. The van der Waals surface area contributed by atoms with E-state index < -0.39 is 0 Å². The zero-order chi connectivity index (χ0) is 22.1. The van der Waals surface area contributed by atoms with Gasteiger partial charge in [-0.05, 0) is 56.7 Å². The third kappa shape index (κ3) is 4.80. The first kappa shape index (κ1) is 22.6. The molecule has 31 heavy (non-hydrogen) atoms. The van der Waals surface area contributed by atoms with Crippen LogP contribution in [0.3, 0.4) is 0 Å². The van der Waals surface area contributed by atoms with Crippen LogP contribution in [0.1, 0.15) is 43.7 Å². The largest absolute Gasteiger partial charge is 0.324 e. The first-order chi connectivity index (χ1) is 14.8. The number of hydrogen-bond donors (Lipinski definition) is 1. The van der Waals surface area contributed by atoms with Gasteiger partial charge < -0.3 is 5.32 Å². The highest BCUT2D eigenvalue weighted by Gasteiger charge is 2.25. The first-order valence-electron chi connectivity index (χ1n) is 10.3. The van der Waals surface area contributed by atoms with Gasteiger partial charge in [0, 0.05) is 21.9 Å². The van der Waals surface area contributed by atoms with E-state index in [9.17, 15) is 4.79 Å². The second kappa shape index (κ2) is 9.53. The Morgan fingerprint density at radius 1 is 1.35 bits per heavy atom. The lowest BCUT2D eigenvalue weighted by atomic mass is 9.88. The summed E-state index contributed by atoms with van der Waals surface area (Å²) in [4.78, 5) is 14.0. The van der Waals surface area contributed by atoms with E-state index in [2.05, 4.69) is 46.2 Å². The number of nitrogens with one attached hydrogen (secondary N) is 1. The van der Waals surface area contributed by atoms with Gasteiger partial charge in [0.05, 0.1) is 21.5 Å². The number of halogens is 2. The Balaban J connectivity index is 1.52. The molecule has 9 heteroatoms. The van der Waals surface area contributed by atoms with Gasteiger partial charge in [0.2, 0.25) is 5.91 Å². The predicted octanol–water partition coefficient (Wildman–Crippen LogP) is 6.75. The Kier molecular flexibility index (Phi) is 6.96. The molecule has 0 bridgehead atoms. The molecule has 0 saturated carbocycles. The second-order valence-electron chi connectivity index (χ2n) is 8.11. The zero-order valence-corrected chi connectivity index (χ0v) is 20.8. The summed E-state index contributed by atoms with van der Waals surface area (Å²) in [6.07, 6.45) is 3.44. The minimum Gasteiger partial charge on any atom is -0.324 e. The van der Waals surface area contributed by atoms with Crippen molar-refractivity contribution in [2.75, 3.05) is 11.1 Å². The molecular formula is C22H24Cl2N4OS2. The number of aromatic nitrogens is 3. The van der Waals surface area contributed by atoms with Gasteiger partial charge >= 0.3 is 0 Å². The highest BCUT2D eigenvalue weighted by atomic mass is 35.5. The minimum absolute atomic E-state index is 0.170. The van der Waals surface area contributed by atoms with E-state index in [4.69, 9.17) is 23.2 Å². The van der Waals surface area contributed by atoms with Gasteiger partial charge in [0.25, 0.3) is 0 Å². The van der Waals surface area contributed by atoms with Gasteiger partial charge in [-0.3, -0.25) is 9.36 Å². The Hall–Kier alpha value is -1.54. The molecule has 3 aromatic rings. The Bertz CT molecular complexity index is 1110. The molecule has 1 aromatic carbocycles. The molecule has 0 fully saturated rings. The topological polar surface area (TPSA) is 59.8 Å². The van der Waals surface area contributed by atoms with Gasteiger partial charge in [-0.25, -0.2) is 0 Å². The Morgan fingerprint density at radius 3 is 2.94 bits per heavy atom. The van der Waals surface area contributed by atoms with Crippen molar-refractivity contribution in [2.24, 2.45) is 5.92 Å². The standard InChI is InChI=1S/C22H24Cl2N4OS2/c1-12(2)28-21(15-10-30-18-9-13(3)7-8-14(15)18)26-27-22(28)31-11-19(29)25-17-6-4-5-16(23)20(17)24/h4-6,10,12-13H,7-9,11H2,1-3H3,(H,25,29). The molecular weight excluding hydrogens is 471 g/mol. The van der Waals surface area contributed by atoms with E-state index in [1.807, 2.05) is 11.3 Å². The molecule has 164 valence electrons. The van der Waals surface area contributed by atoms with Crippen LogP contribution in [0.25, 0.3) is 11.4 Å². The third-order valence-electron chi connectivity index (χ3n) is 5.38. The number of amides is 1. The summed E-state index contributed by atoms with van der Waals surface area (Å²) < 4.78 is 2.13. The van der Waals surface area contributed by atoms with E-state index in [-0.39, 0.29) is 17.7 Å². The van der Waals surface area contributed by atoms with E-state index in [0.29, 0.717) is 15.7 Å². The molecule has 0 spiro atoms. The maximum absolute atomic E-state index is 12.5. The average Bonchev–Trinajstić information content (AvgIpc) is 3.33. The lowest BCUT2D eigenvalue weighted by Gasteiger charge is -2.19. The maximum atomic E-state index is 12.5. The number of thioether (sulfide) groups is 1. The quantitative estimate of drug-likeness (QED) is 0.385. The normalized spacial score (nSPS) is 15.9. The fraction of sp³-hybridized carbons (Fsp3) is 0.409. The molecule has 5 nitrogen and oxygen atoms in total. The van der Waals surface area contributed by atoms with Crippen LogP contribution < -0.4 is 5.32 Å². The van der Waals surface area contributed by atoms with Crippen LogP contribution in [0.15, 0.2) is 28.7 Å². The van der Waals surface area contributed by atoms with Crippen molar-refractivity contribution in [3.63, 3.8) is 0 Å². The highest BCUT2D eigenvalue weighted by Crippen LogP contribution is 2.39. The lowest BCUT2D eigenvalue weighted by Crippen LogP contribution is -2.15. The minimum atomic E-state index is -0.170. The van der Waals surface area contributed by atoms with Crippen LogP contribution in [0, 0.1) is 5.92 Å². The molecule has 0 radical (unpaired) electrons. The van der Waals surface area contributed by atoms with Crippen molar-refractivity contribution in [3.05, 3.63) is 44.1 Å². The van der Waals surface area contributed by atoms with Crippen molar-refractivity contribution in [3.8, 4) is 11.4 Å². The summed E-state index contributed by atoms with van der Waals surface area (Å²) in [5, 5.41) is 15.5. The first-order valence-corrected chi connectivity index (χ1v) is 12.9. The molecule has 0 aliphatic heterocycles. The monoisotopic (exact) mass is 494 g/mol. The SMILES string of the molecule is CC1CCc2c(-c3nnc(SCC(=O)Nc4cccc(Cl)c4Cl)n3C(C)C)csc2C1. The number of thiophene rings is 1. The highest BCUT2D eigenvalue weighted by molar-refractivity contribution is 7.99. The molecule has 2 heterocycles. The summed E-state index contributed by atoms with van der Waals surface area (Å²) >= 11 is 15.4. The summed E-state index contributed by atoms with van der Waals surface area (Å²) in [5.41, 5.74) is 3.11. The number of carbonyl (C=O) groups is 1. The Morgan fingerprint density at radius 2 is 2.16 bits per heavy atom. The van der Waals surface area contributed by atoms with Crippen LogP contribution in [0.4, 0.5) is 5.69 Å². The fourth-order valence-electron chi connectivity index (χ4n) is 3.81. The van der Waals surface area contributed by atoms with Crippen LogP contribution in [-0.4, -0.2) is 26.4 Å². The van der Waals surface area contributed by atoms with Crippen molar-refractivity contribution in [1.29, 1.82) is 0 Å². The molecule has 1 N–H and O–H groups in total. The number of anilines is 1. The van der Waals surface area contributed by atoms with E-state index >= 15 is 0 Å². The smallest absolute Gasteiger partial charge is 0.234 e. The number of benzene rings is 1. The van der Waals surface area contributed by atoms with Gasteiger partial charge in [-0.2, -0.15) is 0 Å². The van der Waals surface area contributed by atoms with Crippen LogP contribution in [0.5, 0.6) is 0 Å². The zero-order valence-electron chi connectivity index (χ0n) is 17.6. The number of hydrogen-bond acceptors (Lipinski definition) is 5. The van der Waals surface area contributed by atoms with Crippen LogP contribution >= 0.6 is 46.3 Å². The Labute approximate surface area is 200 Å². The molecule has 1 aliphatic rings. The molecule has 1 amide bonds. The van der Waals surface area contributed by atoms with Crippen molar-refractivity contribution < 1.29 is 4.79 Å². The molecule has 0 saturated heterocycles. The van der Waals surface area contributed by atoms with Crippen LogP contribution in [0.2, 0.25) is 10.0 Å². The van der Waals surface area contributed by atoms with Crippen molar-refractivity contribution >= 4 is 57.9 Å². The van der Waals surface area contributed by atoms with Crippen LogP contribution in [-0.2, 0) is 17.6 Å². The number of fused-ring (bicyclic) bond motifs is 1. The maximum Gasteiger partial charge on any atom is 0.234 e. The number of carbonyl (C=O) groups excluding carboxylic acids is 1. The summed E-state index contributed by atoms with van der Waals surface area (Å²) in [5.74, 6) is 1.66. The lowest BCUT2D eigenvalue weighted by molar-refractivity contribution is -0.113. The van der Waals surface area contributed by atoms with Gasteiger partial charge in [-0.15, -0.1) is 21.5 Å². The van der Waals surface area contributed by atoms with Gasteiger partial charge in [0.15, 0.2) is 11.0 Å². The molecule has 1 unspecified atom stereocenters. The second-order valence-corrected chi connectivity index (χ2v) is 10.8. The van der Waals surface area contributed by atoms with E-state index in [1.54, 1.807) is 18.2 Å². The predicted molar refractivity (Wildman–Crippen MR) is 131 cm³/mol. The molecule has 4 rings (SSSR count). The summed E-state index contributed by atoms with van der Waals surface area (Å²) in [7, 11) is 0. The van der Waals surface area contributed by atoms with E-state index in [0.717, 1.165) is 29.7 Å². The third-order valence-corrected chi connectivity index (χ3v) is 8.19. The molecule has 2 aromatic heterocycles. The summed E-state index contributed by atoms with van der Waals surface area (Å²) in [6, 6.07) is 5.34. The van der Waals surface area contributed by atoms with Crippen molar-refractivity contribution in [2.45, 2.75) is 51.2 Å². The van der Waals surface area contributed by atoms with Crippen molar-refractivity contribution in [1.82, 2.24) is 14.8 Å². The van der Waals surface area contributed by atoms with Gasteiger partial charge in [-0.1, -0.05) is 48.0 Å². The molecule has 1 atom stereocenters. The van der Waals surface area contributed by atoms with Gasteiger partial charge in [0.1, 0.15) is 0 Å². The number of rotatable bonds is 6.